The maximum atomic E-state index is 12.7. The van der Waals surface area contributed by atoms with Crippen molar-refractivity contribution < 1.29 is 4.79 Å². The number of aryl methyl sites for hydroxylation is 1. The molecule has 1 fully saturated rings. The highest BCUT2D eigenvalue weighted by atomic mass is 35.5. The fourth-order valence-electron chi connectivity index (χ4n) is 4.00. The highest BCUT2D eigenvalue weighted by molar-refractivity contribution is 6.30. The molecule has 0 radical (unpaired) electrons. The molecule has 0 bridgehead atoms. The number of carbonyl (C=O) groups is 1. The molecule has 5 heteroatoms. The number of urea groups is 1. The van der Waals surface area contributed by atoms with Crippen LogP contribution in [0, 0.1) is 6.92 Å². The number of nitrogens with zero attached hydrogens (tertiary/aromatic N) is 2. The molecule has 4 rings (SSSR count). The van der Waals surface area contributed by atoms with Crippen molar-refractivity contribution in [2.24, 2.45) is 0 Å². The molecule has 0 aliphatic carbocycles. The summed E-state index contributed by atoms with van der Waals surface area (Å²) >= 11 is 6.11. The summed E-state index contributed by atoms with van der Waals surface area (Å²) in [6.07, 6.45) is 0. The van der Waals surface area contributed by atoms with E-state index in [0.29, 0.717) is 13.1 Å². The van der Waals surface area contributed by atoms with Gasteiger partial charge in [-0.1, -0.05) is 66.2 Å². The molecule has 3 aromatic rings. The molecule has 1 unspecified atom stereocenters. The zero-order chi connectivity index (χ0) is 20.9. The summed E-state index contributed by atoms with van der Waals surface area (Å²) in [7, 11) is 0. The maximum absolute atomic E-state index is 12.7. The highest BCUT2D eigenvalue weighted by Gasteiger charge is 2.28. The molecule has 154 valence electrons. The number of piperazine rings is 1. The van der Waals surface area contributed by atoms with Gasteiger partial charge in [-0.15, -0.1) is 0 Å². The lowest BCUT2D eigenvalue weighted by atomic mass is 9.96. The van der Waals surface area contributed by atoms with E-state index in [1.54, 1.807) is 0 Å². The first-order valence-corrected chi connectivity index (χ1v) is 10.6. The zero-order valence-electron chi connectivity index (χ0n) is 17.1. The SMILES string of the molecule is Cc1cccc(NC(=O)N2CCN(C(c3ccccc3)c3ccc(Cl)cc3)CC2)c1. The van der Waals surface area contributed by atoms with Gasteiger partial charge in [0.05, 0.1) is 6.04 Å². The van der Waals surface area contributed by atoms with E-state index in [0.717, 1.165) is 29.4 Å². The molecular weight excluding hydrogens is 394 g/mol. The quantitative estimate of drug-likeness (QED) is 0.598. The number of halogens is 1. The van der Waals surface area contributed by atoms with Crippen LogP contribution < -0.4 is 5.32 Å². The Morgan fingerprint density at radius 3 is 2.20 bits per heavy atom. The summed E-state index contributed by atoms with van der Waals surface area (Å²) in [5, 5.41) is 3.76. The van der Waals surface area contributed by atoms with E-state index in [9.17, 15) is 4.79 Å². The van der Waals surface area contributed by atoms with E-state index in [2.05, 4.69) is 46.6 Å². The van der Waals surface area contributed by atoms with E-state index in [1.807, 2.05) is 54.3 Å². The molecule has 1 heterocycles. The molecule has 1 aliphatic heterocycles. The summed E-state index contributed by atoms with van der Waals surface area (Å²) < 4.78 is 0. The van der Waals surface area contributed by atoms with E-state index in [-0.39, 0.29) is 12.1 Å². The molecule has 0 spiro atoms. The van der Waals surface area contributed by atoms with Gasteiger partial charge in [0, 0.05) is 36.9 Å². The van der Waals surface area contributed by atoms with Crippen LogP contribution in [0.3, 0.4) is 0 Å². The first-order chi connectivity index (χ1) is 14.6. The summed E-state index contributed by atoms with van der Waals surface area (Å²) in [4.78, 5) is 17.0. The van der Waals surface area contributed by atoms with Crippen LogP contribution in [0.15, 0.2) is 78.9 Å². The van der Waals surface area contributed by atoms with Gasteiger partial charge >= 0.3 is 6.03 Å². The second-order valence-corrected chi connectivity index (χ2v) is 8.12. The van der Waals surface area contributed by atoms with Crippen molar-refractivity contribution in [1.29, 1.82) is 0 Å². The first-order valence-electron chi connectivity index (χ1n) is 10.3. The van der Waals surface area contributed by atoms with Gasteiger partial charge in [-0.25, -0.2) is 4.79 Å². The number of hydrogen-bond acceptors (Lipinski definition) is 2. The van der Waals surface area contributed by atoms with Crippen molar-refractivity contribution in [3.8, 4) is 0 Å². The average Bonchev–Trinajstić information content (AvgIpc) is 2.76. The van der Waals surface area contributed by atoms with Crippen molar-refractivity contribution in [2.45, 2.75) is 13.0 Å². The van der Waals surface area contributed by atoms with E-state index >= 15 is 0 Å². The molecular formula is C25H26ClN3O. The summed E-state index contributed by atoms with van der Waals surface area (Å²) in [6.45, 7) is 5.02. The molecule has 1 aliphatic rings. The summed E-state index contributed by atoms with van der Waals surface area (Å²) in [5.74, 6) is 0. The van der Waals surface area contributed by atoms with Gasteiger partial charge in [0.15, 0.2) is 0 Å². The van der Waals surface area contributed by atoms with Gasteiger partial charge in [-0.05, 0) is 47.9 Å². The standard InChI is InChI=1S/C25H26ClN3O/c1-19-6-5-9-23(18-19)27-25(30)29-16-14-28(15-17-29)24(20-7-3-2-4-8-20)21-10-12-22(26)13-11-21/h2-13,18,24H,14-17H2,1H3,(H,27,30). The van der Waals surface area contributed by atoms with Crippen LogP contribution in [0.1, 0.15) is 22.7 Å². The zero-order valence-corrected chi connectivity index (χ0v) is 17.8. The lowest BCUT2D eigenvalue weighted by Crippen LogP contribution is -2.51. The third-order valence-electron chi connectivity index (χ3n) is 5.54. The molecule has 2 amide bonds. The Bertz CT molecular complexity index is 983. The largest absolute Gasteiger partial charge is 0.322 e. The lowest BCUT2D eigenvalue weighted by Gasteiger charge is -2.39. The van der Waals surface area contributed by atoms with Crippen LogP contribution >= 0.6 is 11.6 Å². The monoisotopic (exact) mass is 419 g/mol. The van der Waals surface area contributed by atoms with E-state index < -0.39 is 0 Å². The van der Waals surface area contributed by atoms with Gasteiger partial charge in [0.2, 0.25) is 0 Å². The maximum Gasteiger partial charge on any atom is 0.321 e. The van der Waals surface area contributed by atoms with Gasteiger partial charge in [-0.3, -0.25) is 4.90 Å². The lowest BCUT2D eigenvalue weighted by molar-refractivity contribution is 0.126. The molecule has 0 aromatic heterocycles. The Hall–Kier alpha value is -2.82. The van der Waals surface area contributed by atoms with Crippen LogP contribution in [0.4, 0.5) is 10.5 Å². The normalized spacial score (nSPS) is 15.6. The Morgan fingerprint density at radius 1 is 0.867 bits per heavy atom. The third-order valence-corrected chi connectivity index (χ3v) is 5.79. The number of rotatable bonds is 4. The fraction of sp³-hybridized carbons (Fsp3) is 0.240. The van der Waals surface area contributed by atoms with Crippen molar-refractivity contribution in [3.63, 3.8) is 0 Å². The Morgan fingerprint density at radius 2 is 1.53 bits per heavy atom. The fourth-order valence-corrected chi connectivity index (χ4v) is 4.13. The van der Waals surface area contributed by atoms with Crippen LogP contribution in [0.5, 0.6) is 0 Å². The average molecular weight is 420 g/mol. The van der Waals surface area contributed by atoms with E-state index in [4.69, 9.17) is 11.6 Å². The van der Waals surface area contributed by atoms with Crippen molar-refractivity contribution in [3.05, 3.63) is 101 Å². The van der Waals surface area contributed by atoms with E-state index in [1.165, 1.54) is 11.1 Å². The van der Waals surface area contributed by atoms with Crippen LogP contribution in [0.2, 0.25) is 5.02 Å². The first kappa shape index (κ1) is 20.5. The Labute approximate surface area is 183 Å². The van der Waals surface area contributed by atoms with Crippen molar-refractivity contribution in [2.75, 3.05) is 31.5 Å². The number of hydrogen-bond donors (Lipinski definition) is 1. The van der Waals surface area contributed by atoms with Crippen LogP contribution in [0.25, 0.3) is 0 Å². The molecule has 3 aromatic carbocycles. The number of benzene rings is 3. The topological polar surface area (TPSA) is 35.6 Å². The third kappa shape index (κ3) is 4.84. The number of anilines is 1. The van der Waals surface area contributed by atoms with Crippen molar-refractivity contribution >= 4 is 23.3 Å². The number of amides is 2. The summed E-state index contributed by atoms with van der Waals surface area (Å²) in [5.41, 5.74) is 4.43. The number of carbonyl (C=O) groups excluding carboxylic acids is 1. The van der Waals surface area contributed by atoms with Crippen LogP contribution in [-0.2, 0) is 0 Å². The van der Waals surface area contributed by atoms with Crippen LogP contribution in [-0.4, -0.2) is 42.0 Å². The second kappa shape index (κ2) is 9.33. The predicted molar refractivity (Wildman–Crippen MR) is 123 cm³/mol. The van der Waals surface area contributed by atoms with Gasteiger partial charge in [0.25, 0.3) is 0 Å². The molecule has 0 saturated carbocycles. The highest BCUT2D eigenvalue weighted by Crippen LogP contribution is 2.30. The Kier molecular flexibility index (Phi) is 6.36. The summed E-state index contributed by atoms with van der Waals surface area (Å²) in [6, 6.07) is 26.6. The minimum absolute atomic E-state index is 0.0389. The molecule has 1 atom stereocenters. The van der Waals surface area contributed by atoms with Crippen molar-refractivity contribution in [1.82, 2.24) is 9.80 Å². The molecule has 4 nitrogen and oxygen atoms in total. The molecule has 1 N–H and O–H groups in total. The number of nitrogens with one attached hydrogen (secondary N) is 1. The minimum Gasteiger partial charge on any atom is -0.322 e. The Balaban J connectivity index is 1.46. The smallest absolute Gasteiger partial charge is 0.321 e. The molecule has 1 saturated heterocycles. The minimum atomic E-state index is -0.0389. The second-order valence-electron chi connectivity index (χ2n) is 7.69. The predicted octanol–water partition coefficient (Wildman–Crippen LogP) is 5.59. The van der Waals surface area contributed by atoms with Gasteiger partial charge < -0.3 is 10.2 Å². The molecule has 30 heavy (non-hydrogen) atoms. The van der Waals surface area contributed by atoms with Gasteiger partial charge in [-0.2, -0.15) is 0 Å². The van der Waals surface area contributed by atoms with Gasteiger partial charge in [0.1, 0.15) is 0 Å².